The molecular formula is C12H18F6O2. The van der Waals surface area contributed by atoms with Gasteiger partial charge in [0.1, 0.15) is 0 Å². The summed E-state index contributed by atoms with van der Waals surface area (Å²) >= 11 is 0. The van der Waals surface area contributed by atoms with Crippen LogP contribution < -0.4 is 0 Å². The molecule has 1 saturated carbocycles. The second-order valence-electron chi connectivity index (χ2n) is 4.74. The number of rotatable bonds is 8. The van der Waals surface area contributed by atoms with E-state index >= 15 is 0 Å². The van der Waals surface area contributed by atoms with Gasteiger partial charge in [-0.15, -0.1) is 0 Å². The van der Waals surface area contributed by atoms with Crippen molar-refractivity contribution in [3.8, 4) is 0 Å². The Morgan fingerprint density at radius 1 is 0.650 bits per heavy atom. The molecule has 0 radical (unpaired) electrons. The van der Waals surface area contributed by atoms with Crippen LogP contribution in [-0.2, 0) is 9.47 Å². The summed E-state index contributed by atoms with van der Waals surface area (Å²) in [7, 11) is 0. The molecule has 2 nitrogen and oxygen atoms in total. The molecule has 0 amide bonds. The first-order chi connectivity index (χ1) is 9.12. The molecule has 0 bridgehead atoms. The second kappa shape index (κ2) is 5.71. The molecule has 1 fully saturated rings. The molecule has 0 aromatic rings. The largest absolute Gasteiger partial charge is 0.379 e. The first-order valence-electron chi connectivity index (χ1n) is 6.53. The average molecular weight is 308 g/mol. The lowest BCUT2D eigenvalue weighted by Gasteiger charge is -2.56. The van der Waals surface area contributed by atoms with Crippen molar-refractivity contribution in [2.24, 2.45) is 0 Å². The highest BCUT2D eigenvalue weighted by Crippen LogP contribution is 2.68. The zero-order chi connectivity index (χ0) is 15.7. The predicted octanol–water partition coefficient (Wildman–Crippen LogP) is 4.24. The fraction of sp³-hybridized carbons (Fsp3) is 1.00. The van der Waals surface area contributed by atoms with Crippen LogP contribution >= 0.6 is 0 Å². The Morgan fingerprint density at radius 2 is 0.950 bits per heavy atom. The molecule has 0 aromatic heterocycles. The standard InChI is InChI=1S/C12H18F6O2/c1-3-5-7-19-11(17)9(13,14)10(15,16)12(11,18)20-8-6-4-2/h3-8H2,1-2H3. The van der Waals surface area contributed by atoms with E-state index in [1.165, 1.54) is 0 Å². The Balaban J connectivity index is 2.92. The Kier molecular flexibility index (Phi) is 5.01. The van der Waals surface area contributed by atoms with Crippen molar-refractivity contribution in [2.75, 3.05) is 13.2 Å². The van der Waals surface area contributed by atoms with Crippen LogP contribution in [0.1, 0.15) is 39.5 Å². The summed E-state index contributed by atoms with van der Waals surface area (Å²) in [6.07, 6.45) is 1.18. The van der Waals surface area contributed by atoms with Gasteiger partial charge < -0.3 is 9.47 Å². The van der Waals surface area contributed by atoms with Crippen LogP contribution in [0.15, 0.2) is 0 Å². The molecular weight excluding hydrogens is 290 g/mol. The highest BCUT2D eigenvalue weighted by molar-refractivity contribution is 5.24. The van der Waals surface area contributed by atoms with E-state index in [-0.39, 0.29) is 12.8 Å². The lowest BCUT2D eigenvalue weighted by atomic mass is 9.76. The highest BCUT2D eigenvalue weighted by atomic mass is 19.3. The van der Waals surface area contributed by atoms with E-state index in [9.17, 15) is 26.3 Å². The molecule has 2 atom stereocenters. The monoisotopic (exact) mass is 308 g/mol. The number of alkyl halides is 6. The maximum atomic E-state index is 14.0. The van der Waals surface area contributed by atoms with Crippen LogP contribution in [0.4, 0.5) is 26.3 Å². The first kappa shape index (κ1) is 17.6. The third-order valence-corrected chi connectivity index (χ3v) is 3.21. The number of unbranched alkanes of at least 4 members (excludes halogenated alkanes) is 2. The lowest BCUT2D eigenvalue weighted by Crippen LogP contribution is -2.87. The van der Waals surface area contributed by atoms with Gasteiger partial charge in [0.15, 0.2) is 0 Å². The summed E-state index contributed by atoms with van der Waals surface area (Å²) in [5, 5.41) is 0. The molecule has 120 valence electrons. The normalized spacial score (nSPS) is 34.8. The van der Waals surface area contributed by atoms with Crippen molar-refractivity contribution >= 4 is 0 Å². The van der Waals surface area contributed by atoms with Gasteiger partial charge in [0.05, 0.1) is 13.2 Å². The Labute approximate surface area is 113 Å². The van der Waals surface area contributed by atoms with Crippen LogP contribution in [0.3, 0.4) is 0 Å². The van der Waals surface area contributed by atoms with Crippen LogP contribution in [0.2, 0.25) is 0 Å². The van der Waals surface area contributed by atoms with Crippen molar-refractivity contribution in [3.63, 3.8) is 0 Å². The predicted molar refractivity (Wildman–Crippen MR) is 59.3 cm³/mol. The second-order valence-corrected chi connectivity index (χ2v) is 4.74. The Bertz CT molecular complexity index is 306. The Hall–Kier alpha value is -0.500. The van der Waals surface area contributed by atoms with Crippen molar-refractivity contribution in [1.29, 1.82) is 0 Å². The minimum atomic E-state index is -5.27. The quantitative estimate of drug-likeness (QED) is 0.493. The van der Waals surface area contributed by atoms with Gasteiger partial charge in [0.2, 0.25) is 0 Å². The third-order valence-electron chi connectivity index (χ3n) is 3.21. The number of ether oxygens (including phenoxy) is 2. The number of hydrogen-bond acceptors (Lipinski definition) is 2. The van der Waals surface area contributed by atoms with Crippen LogP contribution in [0.5, 0.6) is 0 Å². The highest BCUT2D eigenvalue weighted by Gasteiger charge is 3.01. The van der Waals surface area contributed by atoms with Crippen LogP contribution in [-0.4, -0.2) is 36.8 Å². The molecule has 1 aliphatic rings. The average Bonchev–Trinajstić information content (AvgIpc) is 2.37. The topological polar surface area (TPSA) is 18.5 Å². The van der Waals surface area contributed by atoms with Gasteiger partial charge in [0.25, 0.3) is 0 Å². The fourth-order valence-electron chi connectivity index (χ4n) is 1.83. The molecule has 1 aliphatic carbocycles. The molecule has 20 heavy (non-hydrogen) atoms. The van der Waals surface area contributed by atoms with Crippen molar-refractivity contribution in [1.82, 2.24) is 0 Å². The van der Waals surface area contributed by atoms with E-state index in [1.54, 1.807) is 13.8 Å². The summed E-state index contributed by atoms with van der Waals surface area (Å²) in [6.45, 7) is 2.12. The van der Waals surface area contributed by atoms with Crippen LogP contribution in [0, 0.1) is 0 Å². The summed E-state index contributed by atoms with van der Waals surface area (Å²) in [4.78, 5) is 0. The van der Waals surface area contributed by atoms with Gasteiger partial charge >= 0.3 is 23.6 Å². The first-order valence-corrected chi connectivity index (χ1v) is 6.53. The fourth-order valence-corrected chi connectivity index (χ4v) is 1.83. The van der Waals surface area contributed by atoms with E-state index < -0.39 is 36.8 Å². The minimum Gasteiger partial charge on any atom is -0.336 e. The summed E-state index contributed by atoms with van der Waals surface area (Å²) < 4.78 is 89.2. The number of halogens is 6. The summed E-state index contributed by atoms with van der Waals surface area (Å²) in [5.41, 5.74) is 0. The van der Waals surface area contributed by atoms with Gasteiger partial charge in [-0.25, -0.2) is 0 Å². The van der Waals surface area contributed by atoms with Gasteiger partial charge in [-0.2, -0.15) is 26.3 Å². The zero-order valence-corrected chi connectivity index (χ0v) is 11.3. The maximum Gasteiger partial charge on any atom is 0.379 e. The SMILES string of the molecule is CCCCOC1(F)C(F)(F)C(F)(F)C1(F)OCCCC. The molecule has 0 saturated heterocycles. The van der Waals surface area contributed by atoms with E-state index in [2.05, 4.69) is 9.47 Å². The smallest absolute Gasteiger partial charge is 0.336 e. The van der Waals surface area contributed by atoms with E-state index in [0.29, 0.717) is 12.8 Å². The molecule has 0 N–H and O–H groups in total. The summed E-state index contributed by atoms with van der Waals surface area (Å²) in [5.74, 6) is -19.5. The van der Waals surface area contributed by atoms with Gasteiger partial charge in [-0.1, -0.05) is 26.7 Å². The van der Waals surface area contributed by atoms with Crippen molar-refractivity contribution in [2.45, 2.75) is 63.1 Å². The molecule has 0 aliphatic heterocycles. The van der Waals surface area contributed by atoms with Crippen molar-refractivity contribution in [3.05, 3.63) is 0 Å². The lowest BCUT2D eigenvalue weighted by molar-refractivity contribution is -0.556. The van der Waals surface area contributed by atoms with E-state index in [0.717, 1.165) is 0 Å². The maximum absolute atomic E-state index is 14.0. The van der Waals surface area contributed by atoms with E-state index in [4.69, 9.17) is 0 Å². The minimum absolute atomic E-state index is 0.137. The van der Waals surface area contributed by atoms with Gasteiger partial charge in [0, 0.05) is 0 Å². The zero-order valence-electron chi connectivity index (χ0n) is 11.3. The molecule has 0 spiro atoms. The van der Waals surface area contributed by atoms with Crippen LogP contribution in [0.25, 0.3) is 0 Å². The van der Waals surface area contributed by atoms with E-state index in [1.807, 2.05) is 0 Å². The third kappa shape index (κ3) is 2.11. The van der Waals surface area contributed by atoms with Gasteiger partial charge in [-0.3, -0.25) is 0 Å². The molecule has 1 rings (SSSR count). The van der Waals surface area contributed by atoms with Crippen molar-refractivity contribution < 1.29 is 35.8 Å². The summed E-state index contributed by atoms with van der Waals surface area (Å²) in [6, 6.07) is 0. The van der Waals surface area contributed by atoms with Gasteiger partial charge in [-0.05, 0) is 12.8 Å². The molecule has 8 heteroatoms. The molecule has 2 unspecified atom stereocenters. The number of hydrogen-bond donors (Lipinski definition) is 0. The molecule has 0 heterocycles. The Morgan fingerprint density at radius 3 is 1.20 bits per heavy atom. The molecule has 0 aromatic carbocycles.